The number of rotatable bonds is 6. The van der Waals surface area contributed by atoms with E-state index in [-0.39, 0.29) is 11.3 Å². The van der Waals surface area contributed by atoms with Gasteiger partial charge in [-0.3, -0.25) is 4.79 Å². The van der Waals surface area contributed by atoms with Crippen LogP contribution >= 0.6 is 0 Å². The van der Waals surface area contributed by atoms with Gasteiger partial charge in [-0.25, -0.2) is 0 Å². The first-order valence-electron chi connectivity index (χ1n) is 8.83. The lowest BCUT2D eigenvalue weighted by Crippen LogP contribution is -2.10. The van der Waals surface area contributed by atoms with Crippen LogP contribution in [0.3, 0.4) is 0 Å². The Labute approximate surface area is 146 Å². The van der Waals surface area contributed by atoms with Gasteiger partial charge < -0.3 is 5.11 Å². The fourth-order valence-corrected chi connectivity index (χ4v) is 2.40. The monoisotopic (exact) mass is 326 g/mol. The fourth-order valence-electron chi connectivity index (χ4n) is 2.40. The molecular weight excluding hydrogens is 296 g/mol. The van der Waals surface area contributed by atoms with Crippen LogP contribution < -0.4 is 0 Å². The largest absolute Gasteiger partial charge is 0.481 e. The van der Waals surface area contributed by atoms with Crippen LogP contribution in [0.15, 0.2) is 72.9 Å². The van der Waals surface area contributed by atoms with E-state index in [1.54, 1.807) is 6.92 Å². The minimum atomic E-state index is -0.752. The molecule has 0 saturated carbocycles. The highest BCUT2D eigenvalue weighted by molar-refractivity contribution is 5.69. The molecule has 1 rings (SSSR count). The third-order valence-electron chi connectivity index (χ3n) is 3.92. The van der Waals surface area contributed by atoms with Gasteiger partial charge in [-0.1, -0.05) is 86.8 Å². The SMILES string of the molecule is CC/C=C\C1(/C=C\CC(C)C(=O)O)C=CC/C=C\C/C=C\C/C=C\1. The molecule has 0 aromatic heterocycles. The van der Waals surface area contributed by atoms with Gasteiger partial charge in [-0.05, 0) is 32.1 Å². The number of hydrogen-bond donors (Lipinski definition) is 1. The van der Waals surface area contributed by atoms with Crippen molar-refractivity contribution in [2.75, 3.05) is 0 Å². The second-order valence-corrected chi connectivity index (χ2v) is 6.14. The quantitative estimate of drug-likeness (QED) is 0.606. The minimum Gasteiger partial charge on any atom is -0.481 e. The van der Waals surface area contributed by atoms with Gasteiger partial charge in [0.1, 0.15) is 0 Å². The van der Waals surface area contributed by atoms with E-state index >= 15 is 0 Å². The Kier molecular flexibility index (Phi) is 9.52. The summed E-state index contributed by atoms with van der Waals surface area (Å²) in [4.78, 5) is 11.0. The zero-order valence-electron chi connectivity index (χ0n) is 14.9. The summed E-state index contributed by atoms with van der Waals surface area (Å²) in [7, 11) is 0. The number of hydrogen-bond acceptors (Lipinski definition) is 1. The van der Waals surface area contributed by atoms with Crippen LogP contribution in [0.2, 0.25) is 0 Å². The molecule has 0 saturated heterocycles. The highest BCUT2D eigenvalue weighted by Gasteiger charge is 2.16. The van der Waals surface area contributed by atoms with E-state index < -0.39 is 5.97 Å². The van der Waals surface area contributed by atoms with Gasteiger partial charge in [0.05, 0.1) is 5.92 Å². The maximum absolute atomic E-state index is 11.0. The summed E-state index contributed by atoms with van der Waals surface area (Å²) in [6, 6.07) is 0. The molecule has 0 aromatic carbocycles. The van der Waals surface area contributed by atoms with E-state index in [1.165, 1.54) is 0 Å². The first kappa shape index (κ1) is 20.0. The molecular formula is C22H30O2. The van der Waals surface area contributed by atoms with Crippen LogP contribution in [0.4, 0.5) is 0 Å². The van der Waals surface area contributed by atoms with Crippen molar-refractivity contribution in [3.05, 3.63) is 72.9 Å². The molecule has 0 bridgehead atoms. The van der Waals surface area contributed by atoms with Gasteiger partial charge in [0.15, 0.2) is 0 Å². The maximum atomic E-state index is 11.0. The van der Waals surface area contributed by atoms with Crippen molar-refractivity contribution in [1.82, 2.24) is 0 Å². The van der Waals surface area contributed by atoms with E-state index in [1.807, 2.05) is 6.08 Å². The molecule has 0 radical (unpaired) electrons. The molecule has 0 aliphatic heterocycles. The molecule has 2 heteroatoms. The Morgan fingerprint density at radius 2 is 1.50 bits per heavy atom. The lowest BCUT2D eigenvalue weighted by atomic mass is 9.84. The van der Waals surface area contributed by atoms with Crippen molar-refractivity contribution < 1.29 is 9.90 Å². The van der Waals surface area contributed by atoms with Gasteiger partial charge in [0.25, 0.3) is 0 Å². The summed E-state index contributed by atoms with van der Waals surface area (Å²) in [6.07, 6.45) is 30.2. The molecule has 1 aliphatic rings. The van der Waals surface area contributed by atoms with Crippen LogP contribution in [-0.4, -0.2) is 11.1 Å². The summed E-state index contributed by atoms with van der Waals surface area (Å²) in [5.41, 5.74) is -0.283. The molecule has 0 fully saturated rings. The number of carbonyl (C=O) groups is 1. The Balaban J connectivity index is 3.04. The Hall–Kier alpha value is -2.09. The van der Waals surface area contributed by atoms with E-state index in [9.17, 15) is 4.79 Å². The predicted octanol–water partition coefficient (Wildman–Crippen LogP) is 6.01. The summed E-state index contributed by atoms with van der Waals surface area (Å²) >= 11 is 0. The van der Waals surface area contributed by atoms with Gasteiger partial charge in [-0.15, -0.1) is 0 Å². The van der Waals surface area contributed by atoms with Gasteiger partial charge in [-0.2, -0.15) is 0 Å². The predicted molar refractivity (Wildman–Crippen MR) is 103 cm³/mol. The Bertz CT molecular complexity index is 520. The molecule has 1 aliphatic carbocycles. The molecule has 1 N–H and O–H groups in total. The third kappa shape index (κ3) is 7.96. The Morgan fingerprint density at radius 1 is 1.00 bits per heavy atom. The van der Waals surface area contributed by atoms with Crippen LogP contribution in [0.5, 0.6) is 0 Å². The summed E-state index contributed by atoms with van der Waals surface area (Å²) in [5, 5.41) is 9.04. The average Bonchev–Trinajstić information content (AvgIpc) is 2.55. The van der Waals surface area contributed by atoms with Gasteiger partial charge >= 0.3 is 5.97 Å². The normalized spacial score (nSPS) is 27.4. The lowest BCUT2D eigenvalue weighted by Gasteiger charge is -2.20. The van der Waals surface area contributed by atoms with Gasteiger partial charge in [0.2, 0.25) is 0 Å². The Morgan fingerprint density at radius 3 is 2.00 bits per heavy atom. The molecule has 130 valence electrons. The summed E-state index contributed by atoms with van der Waals surface area (Å²) in [6.45, 7) is 3.86. The lowest BCUT2D eigenvalue weighted by molar-refractivity contribution is -0.140. The van der Waals surface area contributed by atoms with Crippen LogP contribution in [0.1, 0.15) is 46.0 Å². The first-order valence-corrected chi connectivity index (χ1v) is 8.83. The molecule has 2 nitrogen and oxygen atoms in total. The van der Waals surface area contributed by atoms with Crippen molar-refractivity contribution in [3.8, 4) is 0 Å². The zero-order valence-corrected chi connectivity index (χ0v) is 14.9. The molecule has 0 aromatic rings. The number of allylic oxidation sites excluding steroid dienone is 12. The smallest absolute Gasteiger partial charge is 0.306 e. The highest BCUT2D eigenvalue weighted by atomic mass is 16.4. The van der Waals surface area contributed by atoms with Crippen LogP contribution in [0.25, 0.3) is 0 Å². The standard InChI is InChI=1S/C22H30O2/c1-3-4-16-22(19-14-15-20(2)21(23)24)17-12-10-8-6-5-7-9-11-13-18-22/h4,6-9,12-14,16-20H,3,5,10-11,15H2,1-2H3,(H,23,24)/b8-6-,9-7-,16-4-,17-12-,18-13?,19-14-. The van der Waals surface area contributed by atoms with Crippen molar-refractivity contribution in [2.24, 2.45) is 11.3 Å². The molecule has 0 heterocycles. The number of aliphatic carboxylic acids is 1. The highest BCUT2D eigenvalue weighted by Crippen LogP contribution is 2.28. The topological polar surface area (TPSA) is 37.3 Å². The second kappa shape index (κ2) is 11.4. The maximum Gasteiger partial charge on any atom is 0.306 e. The summed E-state index contributed by atoms with van der Waals surface area (Å²) in [5.74, 6) is -1.11. The molecule has 0 spiro atoms. The molecule has 2 atom stereocenters. The van der Waals surface area contributed by atoms with E-state index in [0.29, 0.717) is 6.42 Å². The second-order valence-electron chi connectivity index (χ2n) is 6.14. The number of carboxylic acid groups (broad SMARTS) is 1. The van der Waals surface area contributed by atoms with Crippen molar-refractivity contribution in [2.45, 2.75) is 46.0 Å². The summed E-state index contributed by atoms with van der Waals surface area (Å²) < 4.78 is 0. The van der Waals surface area contributed by atoms with Crippen LogP contribution in [-0.2, 0) is 4.79 Å². The average molecular weight is 326 g/mol. The molecule has 0 amide bonds. The van der Waals surface area contributed by atoms with E-state index in [4.69, 9.17) is 5.11 Å². The molecule has 24 heavy (non-hydrogen) atoms. The first-order chi connectivity index (χ1) is 11.6. The van der Waals surface area contributed by atoms with Crippen molar-refractivity contribution in [3.63, 3.8) is 0 Å². The minimum absolute atomic E-state index is 0.283. The van der Waals surface area contributed by atoms with Crippen molar-refractivity contribution in [1.29, 1.82) is 0 Å². The molecule has 2 unspecified atom stereocenters. The van der Waals surface area contributed by atoms with Gasteiger partial charge in [0, 0.05) is 5.41 Å². The van der Waals surface area contributed by atoms with Crippen LogP contribution in [0, 0.1) is 11.3 Å². The van der Waals surface area contributed by atoms with E-state index in [0.717, 1.165) is 25.7 Å². The van der Waals surface area contributed by atoms with E-state index in [2.05, 4.69) is 73.8 Å². The number of carboxylic acids is 1. The van der Waals surface area contributed by atoms with Crippen molar-refractivity contribution >= 4 is 5.97 Å². The third-order valence-corrected chi connectivity index (χ3v) is 3.92. The fraction of sp³-hybridized carbons (Fsp3) is 0.409. The zero-order chi connectivity index (χ0) is 17.7.